The van der Waals surface area contributed by atoms with Gasteiger partial charge in [0.15, 0.2) is 0 Å². The number of carbonyl (C=O) groups excluding carboxylic acids is 1. The Labute approximate surface area is 136 Å². The molecule has 0 aromatic heterocycles. The number of carbonyl (C=O) groups is 1. The number of ether oxygens (including phenoxy) is 2. The van der Waals surface area contributed by atoms with Crippen molar-refractivity contribution in [2.24, 2.45) is 0 Å². The third-order valence-corrected chi connectivity index (χ3v) is 3.97. The lowest BCUT2D eigenvalue weighted by atomic mass is 9.94. The van der Waals surface area contributed by atoms with E-state index in [0.29, 0.717) is 25.4 Å². The van der Waals surface area contributed by atoms with E-state index in [1.165, 1.54) is 11.1 Å². The zero-order valence-corrected chi connectivity index (χ0v) is 13.2. The van der Waals surface area contributed by atoms with Gasteiger partial charge in [-0.25, -0.2) is 4.79 Å². The van der Waals surface area contributed by atoms with Gasteiger partial charge in [0, 0.05) is 0 Å². The number of rotatable bonds is 4. The molecule has 1 aliphatic heterocycles. The molecule has 0 saturated carbocycles. The van der Waals surface area contributed by atoms with E-state index in [1.54, 1.807) is 0 Å². The van der Waals surface area contributed by atoms with Gasteiger partial charge in [-0.15, -0.1) is 0 Å². The Morgan fingerprint density at radius 2 is 1.65 bits per heavy atom. The lowest BCUT2D eigenvalue weighted by Gasteiger charge is -2.20. The van der Waals surface area contributed by atoms with Crippen LogP contribution in [0.5, 0.6) is 0 Å². The molecule has 0 aliphatic carbocycles. The molecule has 3 rings (SSSR count). The van der Waals surface area contributed by atoms with Crippen LogP contribution in [0, 0.1) is 0 Å². The zero-order valence-electron chi connectivity index (χ0n) is 13.2. The Kier molecular flexibility index (Phi) is 4.89. The minimum absolute atomic E-state index is 0.269. The second kappa shape index (κ2) is 7.25. The third kappa shape index (κ3) is 3.51. The van der Waals surface area contributed by atoms with E-state index in [0.717, 1.165) is 17.6 Å². The fourth-order valence-corrected chi connectivity index (χ4v) is 2.80. The first kappa shape index (κ1) is 15.5. The summed E-state index contributed by atoms with van der Waals surface area (Å²) in [5, 5.41) is 0. The highest BCUT2D eigenvalue weighted by Crippen LogP contribution is 2.29. The van der Waals surface area contributed by atoms with E-state index in [4.69, 9.17) is 9.47 Å². The van der Waals surface area contributed by atoms with Crippen molar-refractivity contribution in [3.63, 3.8) is 0 Å². The SMILES string of the molecule is CCOC(=O)C1=C(c2ccc(-c3ccccc3)cc2)CCOC1. The van der Waals surface area contributed by atoms with Crippen LogP contribution in [0.3, 0.4) is 0 Å². The van der Waals surface area contributed by atoms with E-state index in [1.807, 2.05) is 25.1 Å². The molecule has 0 unspecified atom stereocenters. The number of esters is 1. The quantitative estimate of drug-likeness (QED) is 0.798. The maximum atomic E-state index is 12.1. The summed E-state index contributed by atoms with van der Waals surface area (Å²) in [6.07, 6.45) is 0.735. The Balaban J connectivity index is 1.92. The molecule has 0 amide bonds. The molecule has 0 fully saturated rings. The van der Waals surface area contributed by atoms with Crippen molar-refractivity contribution in [3.05, 3.63) is 65.7 Å². The fraction of sp³-hybridized carbons (Fsp3) is 0.250. The monoisotopic (exact) mass is 308 g/mol. The summed E-state index contributed by atoms with van der Waals surface area (Å²) in [7, 11) is 0. The summed E-state index contributed by atoms with van der Waals surface area (Å²) in [6, 6.07) is 18.6. The van der Waals surface area contributed by atoms with Crippen LogP contribution < -0.4 is 0 Å². The van der Waals surface area contributed by atoms with E-state index in [2.05, 4.69) is 36.4 Å². The van der Waals surface area contributed by atoms with E-state index >= 15 is 0 Å². The second-order valence-electron chi connectivity index (χ2n) is 5.42. The van der Waals surface area contributed by atoms with Crippen molar-refractivity contribution < 1.29 is 14.3 Å². The normalized spacial score (nSPS) is 14.7. The summed E-state index contributed by atoms with van der Waals surface area (Å²) < 4.78 is 10.6. The van der Waals surface area contributed by atoms with Gasteiger partial charge in [0.2, 0.25) is 0 Å². The molecular weight excluding hydrogens is 288 g/mol. The van der Waals surface area contributed by atoms with Crippen molar-refractivity contribution in [1.29, 1.82) is 0 Å². The topological polar surface area (TPSA) is 35.5 Å². The minimum atomic E-state index is -0.269. The molecule has 1 aliphatic rings. The van der Waals surface area contributed by atoms with Gasteiger partial charge in [0.1, 0.15) is 0 Å². The molecule has 118 valence electrons. The van der Waals surface area contributed by atoms with Gasteiger partial charge >= 0.3 is 5.97 Å². The Bertz CT molecular complexity index is 699. The van der Waals surface area contributed by atoms with Crippen LogP contribution >= 0.6 is 0 Å². The van der Waals surface area contributed by atoms with Crippen LogP contribution in [0.15, 0.2) is 60.2 Å². The average molecular weight is 308 g/mol. The van der Waals surface area contributed by atoms with Crippen molar-refractivity contribution >= 4 is 11.5 Å². The van der Waals surface area contributed by atoms with Crippen molar-refractivity contribution in [2.75, 3.05) is 19.8 Å². The molecule has 23 heavy (non-hydrogen) atoms. The predicted octanol–water partition coefficient (Wildman–Crippen LogP) is 4.09. The molecule has 0 N–H and O–H groups in total. The third-order valence-electron chi connectivity index (χ3n) is 3.97. The van der Waals surface area contributed by atoms with E-state index in [9.17, 15) is 4.79 Å². The highest BCUT2D eigenvalue weighted by atomic mass is 16.5. The van der Waals surface area contributed by atoms with E-state index < -0.39 is 0 Å². The Morgan fingerprint density at radius 1 is 1.00 bits per heavy atom. The van der Waals surface area contributed by atoms with Gasteiger partial charge < -0.3 is 9.47 Å². The molecule has 0 saturated heterocycles. The molecular formula is C20H20O3. The standard InChI is InChI=1S/C20H20O3/c1-2-23-20(21)19-14-22-13-12-18(19)17-10-8-16(9-11-17)15-6-4-3-5-7-15/h3-11H,2,12-14H2,1H3. The van der Waals surface area contributed by atoms with Crippen molar-refractivity contribution in [1.82, 2.24) is 0 Å². The zero-order chi connectivity index (χ0) is 16.1. The summed E-state index contributed by atoms with van der Waals surface area (Å²) in [4.78, 5) is 12.1. The molecule has 0 bridgehead atoms. The molecule has 3 heteroatoms. The van der Waals surface area contributed by atoms with Crippen LogP contribution in [0.25, 0.3) is 16.7 Å². The molecule has 3 nitrogen and oxygen atoms in total. The first-order valence-electron chi connectivity index (χ1n) is 7.92. The highest BCUT2D eigenvalue weighted by Gasteiger charge is 2.21. The average Bonchev–Trinajstić information content (AvgIpc) is 2.63. The van der Waals surface area contributed by atoms with E-state index in [-0.39, 0.29) is 5.97 Å². The molecule has 0 radical (unpaired) electrons. The Morgan fingerprint density at radius 3 is 2.35 bits per heavy atom. The summed E-state index contributed by atoms with van der Waals surface area (Å²) in [5.74, 6) is -0.269. The maximum absolute atomic E-state index is 12.1. The summed E-state index contributed by atoms with van der Waals surface area (Å²) >= 11 is 0. The van der Waals surface area contributed by atoms with Gasteiger partial charge in [-0.2, -0.15) is 0 Å². The molecule has 2 aromatic carbocycles. The van der Waals surface area contributed by atoms with Gasteiger partial charge in [0.05, 0.1) is 25.4 Å². The predicted molar refractivity (Wildman–Crippen MR) is 90.9 cm³/mol. The van der Waals surface area contributed by atoms with Gasteiger partial charge in [-0.05, 0) is 35.6 Å². The van der Waals surface area contributed by atoms with Crippen molar-refractivity contribution in [3.8, 4) is 11.1 Å². The smallest absolute Gasteiger partial charge is 0.336 e. The van der Waals surface area contributed by atoms with Crippen LogP contribution in [0.4, 0.5) is 0 Å². The lowest BCUT2D eigenvalue weighted by Crippen LogP contribution is -2.19. The number of hydrogen-bond acceptors (Lipinski definition) is 3. The number of benzene rings is 2. The summed E-state index contributed by atoms with van der Waals surface area (Å²) in [5.41, 5.74) is 5.10. The van der Waals surface area contributed by atoms with Gasteiger partial charge in [0.25, 0.3) is 0 Å². The lowest BCUT2D eigenvalue weighted by molar-refractivity contribution is -0.139. The maximum Gasteiger partial charge on any atom is 0.336 e. The summed E-state index contributed by atoms with van der Waals surface area (Å²) in [6.45, 7) is 3.16. The van der Waals surface area contributed by atoms with Gasteiger partial charge in [-0.3, -0.25) is 0 Å². The second-order valence-corrected chi connectivity index (χ2v) is 5.42. The molecule has 2 aromatic rings. The van der Waals surface area contributed by atoms with Crippen LogP contribution in [-0.4, -0.2) is 25.8 Å². The Hall–Kier alpha value is -2.39. The largest absolute Gasteiger partial charge is 0.463 e. The molecule has 0 spiro atoms. The van der Waals surface area contributed by atoms with Crippen LogP contribution in [0.2, 0.25) is 0 Å². The molecule has 0 atom stereocenters. The molecule has 1 heterocycles. The minimum Gasteiger partial charge on any atom is -0.463 e. The van der Waals surface area contributed by atoms with Crippen LogP contribution in [0.1, 0.15) is 18.9 Å². The highest BCUT2D eigenvalue weighted by molar-refractivity contribution is 5.98. The van der Waals surface area contributed by atoms with Gasteiger partial charge in [-0.1, -0.05) is 54.6 Å². The fourth-order valence-electron chi connectivity index (χ4n) is 2.80. The first-order valence-corrected chi connectivity index (χ1v) is 7.92. The van der Waals surface area contributed by atoms with Crippen molar-refractivity contribution in [2.45, 2.75) is 13.3 Å². The number of hydrogen-bond donors (Lipinski definition) is 0. The van der Waals surface area contributed by atoms with Crippen LogP contribution in [-0.2, 0) is 14.3 Å². The first-order chi connectivity index (χ1) is 11.3.